The first kappa shape index (κ1) is 18.2. The molecule has 26 heavy (non-hydrogen) atoms. The molecule has 1 fully saturated rings. The highest BCUT2D eigenvalue weighted by molar-refractivity contribution is 8.15. The number of rotatable bonds is 6. The number of thioether (sulfide) groups is 1. The van der Waals surface area contributed by atoms with E-state index in [-0.39, 0.29) is 22.0 Å². The van der Waals surface area contributed by atoms with Crippen LogP contribution in [-0.4, -0.2) is 32.6 Å². The third-order valence-electron chi connectivity index (χ3n) is 4.02. The van der Waals surface area contributed by atoms with Gasteiger partial charge < -0.3 is 4.74 Å². The van der Waals surface area contributed by atoms with Crippen molar-refractivity contribution in [3.05, 3.63) is 57.8 Å². The molecule has 0 bridgehead atoms. The maximum atomic E-state index is 12.0. The summed E-state index contributed by atoms with van der Waals surface area (Å²) in [4.78, 5) is 39.0. The molecule has 3 rings (SSSR count). The molecule has 2 amide bonds. The molecule has 0 spiro atoms. The number of amides is 2. The Labute approximate surface area is 154 Å². The summed E-state index contributed by atoms with van der Waals surface area (Å²) >= 11 is 1.02. The monoisotopic (exact) mass is 373 g/mol. The van der Waals surface area contributed by atoms with Gasteiger partial charge >= 0.3 is 0 Å². The number of nitrogens with zero attached hydrogens (tertiary/aromatic N) is 2. The van der Waals surface area contributed by atoms with Crippen molar-refractivity contribution in [2.75, 3.05) is 6.61 Å². The zero-order chi connectivity index (χ0) is 18.7. The average Bonchev–Trinajstić information content (AvgIpc) is 2.89. The lowest BCUT2D eigenvalue weighted by atomic mass is 10.1. The maximum Gasteiger partial charge on any atom is 0.286 e. The fraction of sp³-hybridized carbons (Fsp3) is 0.333. The average molecular weight is 373 g/mol. The Kier molecular flexibility index (Phi) is 5.41. The van der Waals surface area contributed by atoms with Crippen molar-refractivity contribution < 1.29 is 14.3 Å². The molecule has 1 atom stereocenters. The van der Waals surface area contributed by atoms with Crippen LogP contribution in [0.4, 0.5) is 4.79 Å². The minimum atomic E-state index is -0.377. The summed E-state index contributed by atoms with van der Waals surface area (Å²) < 4.78 is 7.26. The highest BCUT2D eigenvalue weighted by Crippen LogP contribution is 2.23. The number of aromatic nitrogens is 2. The molecular weight excluding hydrogens is 354 g/mol. The molecular formula is C18H19N3O4S. The second-order valence-corrected chi connectivity index (χ2v) is 7.19. The van der Waals surface area contributed by atoms with Gasteiger partial charge in [-0.25, -0.2) is 4.98 Å². The van der Waals surface area contributed by atoms with Crippen molar-refractivity contribution in [3.8, 4) is 5.75 Å². The second kappa shape index (κ2) is 7.74. The van der Waals surface area contributed by atoms with Gasteiger partial charge in [0.1, 0.15) is 18.2 Å². The van der Waals surface area contributed by atoms with Gasteiger partial charge in [0.05, 0.1) is 11.8 Å². The molecule has 1 aromatic carbocycles. The zero-order valence-electron chi connectivity index (χ0n) is 14.5. The van der Waals surface area contributed by atoms with Crippen molar-refractivity contribution in [2.45, 2.75) is 32.1 Å². The van der Waals surface area contributed by atoms with Crippen molar-refractivity contribution in [1.82, 2.24) is 14.9 Å². The lowest BCUT2D eigenvalue weighted by Crippen LogP contribution is -2.26. The van der Waals surface area contributed by atoms with Gasteiger partial charge in [-0.3, -0.25) is 24.3 Å². The summed E-state index contributed by atoms with van der Waals surface area (Å²) in [7, 11) is 0. The third kappa shape index (κ3) is 4.32. The highest BCUT2D eigenvalue weighted by Gasteiger charge is 2.31. The van der Waals surface area contributed by atoms with Crippen molar-refractivity contribution in [3.63, 3.8) is 0 Å². The number of nitrogens with one attached hydrogen (secondary N) is 1. The molecule has 1 aliphatic heterocycles. The molecule has 7 nitrogen and oxygen atoms in total. The van der Waals surface area contributed by atoms with Gasteiger partial charge in [0, 0.05) is 11.8 Å². The molecule has 2 heterocycles. The number of carbonyl (C=O) groups excluding carboxylic acids is 2. The van der Waals surface area contributed by atoms with Crippen LogP contribution in [0.25, 0.3) is 0 Å². The number of benzene rings is 1. The van der Waals surface area contributed by atoms with E-state index in [0.717, 1.165) is 17.3 Å². The predicted molar refractivity (Wildman–Crippen MR) is 98.5 cm³/mol. The molecule has 1 N–H and O–H groups in total. The lowest BCUT2D eigenvalue weighted by molar-refractivity contribution is -0.118. The lowest BCUT2D eigenvalue weighted by Gasteiger charge is -2.11. The van der Waals surface area contributed by atoms with Gasteiger partial charge in [-0.2, -0.15) is 0 Å². The van der Waals surface area contributed by atoms with Crippen LogP contribution in [0.2, 0.25) is 0 Å². The SMILES string of the molecule is Cc1cc(=O)n(CCOc2ccc(CC3SC(=O)NC3=O)cc2)c(C)n1. The van der Waals surface area contributed by atoms with Crippen molar-refractivity contribution in [2.24, 2.45) is 0 Å². The number of ether oxygens (including phenoxy) is 1. The summed E-state index contributed by atoms with van der Waals surface area (Å²) in [6, 6.07) is 8.88. The van der Waals surface area contributed by atoms with Crippen LogP contribution in [0.5, 0.6) is 5.75 Å². The minimum Gasteiger partial charge on any atom is -0.492 e. The standard InChI is InChI=1S/C18H19N3O4S/c1-11-9-16(22)21(12(2)19-11)7-8-25-14-5-3-13(4-6-14)10-15-17(23)20-18(24)26-15/h3-6,9,15H,7-8,10H2,1-2H3,(H,20,23,24). The molecule has 1 aliphatic rings. The van der Waals surface area contributed by atoms with Crippen LogP contribution < -0.4 is 15.6 Å². The molecule has 2 aromatic rings. The van der Waals surface area contributed by atoms with E-state index < -0.39 is 0 Å². The highest BCUT2D eigenvalue weighted by atomic mass is 32.2. The Hall–Kier alpha value is -2.61. The van der Waals surface area contributed by atoms with E-state index >= 15 is 0 Å². The van der Waals surface area contributed by atoms with Crippen LogP contribution in [0.15, 0.2) is 35.1 Å². The largest absolute Gasteiger partial charge is 0.492 e. The number of imide groups is 1. The molecule has 0 saturated carbocycles. The first-order valence-electron chi connectivity index (χ1n) is 8.20. The number of hydrogen-bond acceptors (Lipinski definition) is 6. The molecule has 136 valence electrons. The normalized spacial score (nSPS) is 16.6. The van der Waals surface area contributed by atoms with E-state index in [0.29, 0.717) is 36.8 Å². The van der Waals surface area contributed by atoms with E-state index in [1.54, 1.807) is 18.4 Å². The summed E-state index contributed by atoms with van der Waals surface area (Å²) in [6.45, 7) is 4.35. The van der Waals surface area contributed by atoms with E-state index in [1.165, 1.54) is 6.07 Å². The van der Waals surface area contributed by atoms with Gasteiger partial charge in [-0.15, -0.1) is 0 Å². The fourth-order valence-corrected chi connectivity index (χ4v) is 3.61. The van der Waals surface area contributed by atoms with Gasteiger partial charge in [-0.1, -0.05) is 23.9 Å². The Bertz CT molecular complexity index is 892. The summed E-state index contributed by atoms with van der Waals surface area (Å²) in [5, 5.41) is 1.61. The molecule has 1 unspecified atom stereocenters. The second-order valence-electron chi connectivity index (χ2n) is 6.01. The van der Waals surface area contributed by atoms with E-state index in [9.17, 15) is 14.4 Å². The fourth-order valence-electron chi connectivity index (χ4n) is 2.75. The minimum absolute atomic E-state index is 0.0872. The van der Waals surface area contributed by atoms with Crippen LogP contribution in [0, 0.1) is 13.8 Å². The smallest absolute Gasteiger partial charge is 0.286 e. The quantitative estimate of drug-likeness (QED) is 0.831. The summed E-state index contributed by atoms with van der Waals surface area (Å²) in [6.07, 6.45) is 0.492. The van der Waals surface area contributed by atoms with Crippen LogP contribution >= 0.6 is 11.8 Å². The summed E-state index contributed by atoms with van der Waals surface area (Å²) in [5.74, 6) is 1.10. The number of carbonyl (C=O) groups is 2. The first-order valence-corrected chi connectivity index (χ1v) is 9.08. The molecule has 0 radical (unpaired) electrons. The van der Waals surface area contributed by atoms with Crippen molar-refractivity contribution in [1.29, 1.82) is 0 Å². The Balaban J connectivity index is 1.54. The number of aryl methyl sites for hydroxylation is 2. The van der Waals surface area contributed by atoms with E-state index in [2.05, 4.69) is 10.3 Å². The molecule has 8 heteroatoms. The predicted octanol–water partition coefficient (Wildman–Crippen LogP) is 1.83. The Morgan fingerprint density at radius 1 is 1.19 bits per heavy atom. The van der Waals surface area contributed by atoms with E-state index in [4.69, 9.17) is 4.74 Å². The van der Waals surface area contributed by atoms with Gasteiger partial charge in [0.2, 0.25) is 5.91 Å². The zero-order valence-corrected chi connectivity index (χ0v) is 15.3. The molecule has 1 aromatic heterocycles. The van der Waals surface area contributed by atoms with Crippen molar-refractivity contribution >= 4 is 22.9 Å². The number of hydrogen-bond donors (Lipinski definition) is 1. The van der Waals surface area contributed by atoms with Crippen LogP contribution in [0.3, 0.4) is 0 Å². The van der Waals surface area contributed by atoms with Crippen LogP contribution in [0.1, 0.15) is 17.1 Å². The molecule has 0 aliphatic carbocycles. The molecule has 1 saturated heterocycles. The Morgan fingerprint density at radius 3 is 2.54 bits per heavy atom. The van der Waals surface area contributed by atoms with Crippen LogP contribution in [-0.2, 0) is 17.8 Å². The summed E-state index contributed by atoms with van der Waals surface area (Å²) in [5.41, 5.74) is 1.57. The first-order chi connectivity index (χ1) is 12.4. The topological polar surface area (TPSA) is 90.3 Å². The van der Waals surface area contributed by atoms with Gasteiger partial charge in [-0.05, 0) is 38.0 Å². The van der Waals surface area contributed by atoms with E-state index in [1.807, 2.05) is 24.3 Å². The Morgan fingerprint density at radius 2 is 1.92 bits per heavy atom. The third-order valence-corrected chi connectivity index (χ3v) is 5.00. The maximum absolute atomic E-state index is 12.0. The van der Waals surface area contributed by atoms with Gasteiger partial charge in [0.25, 0.3) is 10.8 Å². The van der Waals surface area contributed by atoms with Gasteiger partial charge in [0.15, 0.2) is 0 Å².